The molecular weight excluding hydrogens is 258 g/mol. The lowest BCUT2D eigenvalue weighted by atomic mass is 9.90. The summed E-state index contributed by atoms with van der Waals surface area (Å²) in [5, 5.41) is 0. The molecule has 1 fully saturated rings. The van der Waals surface area contributed by atoms with E-state index in [1.165, 1.54) is 0 Å². The first-order valence-electron chi connectivity index (χ1n) is 6.76. The minimum Gasteiger partial charge on any atom is -0.312 e. The number of fused-ring (bicyclic) bond motifs is 1. The van der Waals surface area contributed by atoms with Gasteiger partial charge in [0.1, 0.15) is 0 Å². The minimum atomic E-state index is 0.141. The van der Waals surface area contributed by atoms with E-state index in [9.17, 15) is 9.59 Å². The third kappa shape index (κ3) is 2.29. The van der Waals surface area contributed by atoms with Crippen LogP contribution in [0.15, 0.2) is 18.2 Å². The number of carbonyl (C=O) groups is 2. The Labute approximate surface area is 118 Å². The van der Waals surface area contributed by atoms with Gasteiger partial charge in [0.25, 0.3) is 0 Å². The Morgan fingerprint density at radius 2 is 2.11 bits per heavy atom. The van der Waals surface area contributed by atoms with E-state index in [-0.39, 0.29) is 11.7 Å². The van der Waals surface area contributed by atoms with Crippen LogP contribution >= 0.6 is 12.6 Å². The van der Waals surface area contributed by atoms with Crippen LogP contribution in [-0.2, 0) is 11.2 Å². The van der Waals surface area contributed by atoms with Gasteiger partial charge in [0, 0.05) is 30.6 Å². The van der Waals surface area contributed by atoms with Crippen molar-refractivity contribution in [2.45, 2.75) is 25.7 Å². The van der Waals surface area contributed by atoms with Gasteiger partial charge in [-0.2, -0.15) is 12.6 Å². The Balaban J connectivity index is 1.92. The maximum absolute atomic E-state index is 12.0. The number of aryl methyl sites for hydroxylation is 1. The zero-order valence-electron chi connectivity index (χ0n) is 10.8. The van der Waals surface area contributed by atoms with E-state index in [1.807, 2.05) is 18.2 Å². The van der Waals surface area contributed by atoms with Gasteiger partial charge >= 0.3 is 0 Å². The maximum Gasteiger partial charge on any atom is 0.227 e. The summed E-state index contributed by atoms with van der Waals surface area (Å²) in [4.78, 5) is 25.7. The number of benzene rings is 1. The van der Waals surface area contributed by atoms with Crippen LogP contribution < -0.4 is 4.90 Å². The molecule has 1 aliphatic carbocycles. The van der Waals surface area contributed by atoms with E-state index >= 15 is 0 Å². The Morgan fingerprint density at radius 3 is 2.84 bits per heavy atom. The Hall–Kier alpha value is -1.29. The monoisotopic (exact) mass is 275 g/mol. The van der Waals surface area contributed by atoms with Gasteiger partial charge < -0.3 is 4.90 Å². The van der Waals surface area contributed by atoms with Crippen molar-refractivity contribution < 1.29 is 9.59 Å². The third-order valence-corrected chi connectivity index (χ3v) is 4.54. The highest BCUT2D eigenvalue weighted by atomic mass is 32.1. The van der Waals surface area contributed by atoms with Crippen LogP contribution in [0, 0.1) is 5.92 Å². The molecule has 2 aliphatic rings. The van der Waals surface area contributed by atoms with Gasteiger partial charge in [0.2, 0.25) is 5.91 Å². The predicted molar refractivity (Wildman–Crippen MR) is 78.0 cm³/mol. The number of Topliss-reactive ketones (excluding diaryl/α,β-unsaturated/α-hetero) is 1. The number of carbonyl (C=O) groups excluding carboxylic acids is 2. The molecule has 1 amide bonds. The molecule has 0 spiro atoms. The molecular formula is C15H17NO2S. The molecule has 1 aliphatic heterocycles. The molecule has 100 valence electrons. The zero-order chi connectivity index (χ0) is 13.4. The topological polar surface area (TPSA) is 37.4 Å². The smallest absolute Gasteiger partial charge is 0.227 e. The Bertz CT molecular complexity index is 541. The summed E-state index contributed by atoms with van der Waals surface area (Å²) < 4.78 is 0. The van der Waals surface area contributed by atoms with Crippen LogP contribution in [0.1, 0.15) is 35.2 Å². The number of amides is 1. The highest BCUT2D eigenvalue weighted by Crippen LogP contribution is 2.30. The molecule has 4 heteroatoms. The molecule has 1 aromatic rings. The number of hydrogen-bond donors (Lipinski definition) is 1. The molecule has 0 aromatic heterocycles. The van der Waals surface area contributed by atoms with Gasteiger partial charge in [-0.05, 0) is 42.2 Å². The molecule has 19 heavy (non-hydrogen) atoms. The quantitative estimate of drug-likeness (QED) is 0.842. The van der Waals surface area contributed by atoms with Crippen molar-refractivity contribution in [1.82, 2.24) is 0 Å². The largest absolute Gasteiger partial charge is 0.312 e. The second-order valence-electron chi connectivity index (χ2n) is 5.38. The van der Waals surface area contributed by atoms with Gasteiger partial charge in [0.15, 0.2) is 5.78 Å². The second kappa shape index (κ2) is 5.00. The van der Waals surface area contributed by atoms with Crippen molar-refractivity contribution >= 4 is 30.0 Å². The molecule has 0 radical (unpaired) electrons. The second-order valence-corrected chi connectivity index (χ2v) is 5.74. The summed E-state index contributed by atoms with van der Waals surface area (Å²) in [6, 6.07) is 5.87. The van der Waals surface area contributed by atoms with Crippen molar-refractivity contribution in [1.29, 1.82) is 0 Å². The molecule has 0 saturated carbocycles. The molecule has 0 N–H and O–H groups in total. The maximum atomic E-state index is 12.0. The number of ketones is 1. The summed E-state index contributed by atoms with van der Waals surface area (Å²) in [7, 11) is 0. The van der Waals surface area contributed by atoms with E-state index in [2.05, 4.69) is 12.6 Å². The van der Waals surface area contributed by atoms with Gasteiger partial charge in [-0.3, -0.25) is 9.59 Å². The number of rotatable bonds is 2. The number of thiol groups is 1. The average Bonchev–Trinajstić information content (AvgIpc) is 2.80. The lowest BCUT2D eigenvalue weighted by molar-refractivity contribution is -0.117. The first-order valence-corrected chi connectivity index (χ1v) is 7.39. The van der Waals surface area contributed by atoms with Crippen LogP contribution in [0.3, 0.4) is 0 Å². The van der Waals surface area contributed by atoms with Crippen LogP contribution in [0.25, 0.3) is 0 Å². The number of nitrogens with zero attached hydrogens (tertiary/aromatic N) is 1. The van der Waals surface area contributed by atoms with Crippen LogP contribution in [-0.4, -0.2) is 24.0 Å². The average molecular weight is 275 g/mol. The molecule has 1 heterocycles. The van der Waals surface area contributed by atoms with E-state index in [0.29, 0.717) is 18.8 Å². The van der Waals surface area contributed by atoms with E-state index in [1.54, 1.807) is 4.90 Å². The summed E-state index contributed by atoms with van der Waals surface area (Å²) in [5.74, 6) is 1.40. The summed E-state index contributed by atoms with van der Waals surface area (Å²) in [6.07, 6.45) is 3.10. The predicted octanol–water partition coefficient (Wildman–Crippen LogP) is 2.49. The third-order valence-electron chi connectivity index (χ3n) is 4.02. The SMILES string of the molecule is O=C1CCCc2ccc(N3CC(CS)CC3=O)cc21. The molecule has 3 nitrogen and oxygen atoms in total. The summed E-state index contributed by atoms with van der Waals surface area (Å²) in [6.45, 7) is 0.718. The fraction of sp³-hybridized carbons (Fsp3) is 0.467. The van der Waals surface area contributed by atoms with Crippen LogP contribution in [0.4, 0.5) is 5.69 Å². The standard InChI is InChI=1S/C15H17NO2S/c17-14-3-1-2-11-4-5-12(7-13(11)14)16-8-10(9-19)6-15(16)18/h4-5,7,10,19H,1-3,6,8-9H2. The van der Waals surface area contributed by atoms with Crippen LogP contribution in [0.5, 0.6) is 0 Å². The molecule has 1 atom stereocenters. The molecule has 0 bridgehead atoms. The molecule has 1 saturated heterocycles. The molecule has 1 aromatic carbocycles. The van der Waals surface area contributed by atoms with Gasteiger partial charge in [-0.15, -0.1) is 0 Å². The van der Waals surface area contributed by atoms with E-state index in [4.69, 9.17) is 0 Å². The zero-order valence-corrected chi connectivity index (χ0v) is 11.7. The van der Waals surface area contributed by atoms with Crippen molar-refractivity contribution in [2.24, 2.45) is 5.92 Å². The number of anilines is 1. The van der Waals surface area contributed by atoms with Crippen molar-refractivity contribution in [3.8, 4) is 0 Å². The molecule has 3 rings (SSSR count). The highest BCUT2D eigenvalue weighted by Gasteiger charge is 2.30. The van der Waals surface area contributed by atoms with E-state index < -0.39 is 0 Å². The van der Waals surface area contributed by atoms with Crippen molar-refractivity contribution in [2.75, 3.05) is 17.2 Å². The molecule has 1 unspecified atom stereocenters. The first-order chi connectivity index (χ1) is 9.19. The van der Waals surface area contributed by atoms with E-state index in [0.717, 1.165) is 42.0 Å². The first kappa shape index (κ1) is 12.7. The van der Waals surface area contributed by atoms with Gasteiger partial charge in [-0.25, -0.2) is 0 Å². The highest BCUT2D eigenvalue weighted by molar-refractivity contribution is 7.80. The Kier molecular flexibility index (Phi) is 3.35. The minimum absolute atomic E-state index is 0.141. The number of hydrogen-bond acceptors (Lipinski definition) is 3. The Morgan fingerprint density at radius 1 is 1.26 bits per heavy atom. The lowest BCUT2D eigenvalue weighted by Gasteiger charge is -2.20. The fourth-order valence-corrected chi connectivity index (χ4v) is 3.18. The van der Waals surface area contributed by atoms with Gasteiger partial charge in [-0.1, -0.05) is 6.07 Å². The lowest BCUT2D eigenvalue weighted by Crippen LogP contribution is -2.25. The van der Waals surface area contributed by atoms with Gasteiger partial charge in [0.05, 0.1) is 0 Å². The summed E-state index contributed by atoms with van der Waals surface area (Å²) in [5.41, 5.74) is 2.80. The van der Waals surface area contributed by atoms with Crippen molar-refractivity contribution in [3.63, 3.8) is 0 Å². The summed E-state index contributed by atoms with van der Waals surface area (Å²) >= 11 is 4.27. The fourth-order valence-electron chi connectivity index (χ4n) is 2.94. The normalized spacial score (nSPS) is 22.8. The van der Waals surface area contributed by atoms with Crippen molar-refractivity contribution in [3.05, 3.63) is 29.3 Å². The van der Waals surface area contributed by atoms with Crippen LogP contribution in [0.2, 0.25) is 0 Å².